The average molecular weight is 333 g/mol. The van der Waals surface area contributed by atoms with E-state index < -0.39 is 0 Å². The lowest BCUT2D eigenvalue weighted by molar-refractivity contribution is -0.109. The lowest BCUT2D eigenvalue weighted by atomic mass is 9.94. The molecule has 4 heteroatoms. The van der Waals surface area contributed by atoms with Crippen molar-refractivity contribution in [1.29, 1.82) is 0 Å². The fourth-order valence-electron chi connectivity index (χ4n) is 3.57. The SMILES string of the molecule is ON1Cc2cccc3c(N4CCCC4)c(Br)cc(c23)C1. The van der Waals surface area contributed by atoms with E-state index in [1.54, 1.807) is 0 Å². The molecule has 2 heterocycles. The molecule has 3 nitrogen and oxygen atoms in total. The van der Waals surface area contributed by atoms with Crippen LogP contribution < -0.4 is 4.90 Å². The van der Waals surface area contributed by atoms with Crippen LogP contribution >= 0.6 is 15.9 Å². The average Bonchev–Trinajstić information content (AvgIpc) is 2.92. The normalized spacial score (nSPS) is 19.0. The molecule has 1 fully saturated rings. The summed E-state index contributed by atoms with van der Waals surface area (Å²) in [6.45, 7) is 3.50. The van der Waals surface area contributed by atoms with E-state index in [2.05, 4.69) is 45.1 Å². The van der Waals surface area contributed by atoms with Crippen LogP contribution in [0.4, 0.5) is 5.69 Å². The molecule has 0 spiro atoms. The highest BCUT2D eigenvalue weighted by Gasteiger charge is 2.23. The molecule has 1 saturated heterocycles. The van der Waals surface area contributed by atoms with Gasteiger partial charge in [0.2, 0.25) is 0 Å². The van der Waals surface area contributed by atoms with Crippen molar-refractivity contribution < 1.29 is 5.21 Å². The first kappa shape index (κ1) is 12.6. The highest BCUT2D eigenvalue weighted by Crippen LogP contribution is 2.41. The molecule has 0 radical (unpaired) electrons. The van der Waals surface area contributed by atoms with Gasteiger partial charge in [-0.15, -0.1) is 0 Å². The number of hydroxylamine groups is 2. The number of benzene rings is 2. The second-order valence-electron chi connectivity index (χ2n) is 5.72. The van der Waals surface area contributed by atoms with E-state index in [4.69, 9.17) is 0 Å². The Morgan fingerprint density at radius 1 is 1.05 bits per heavy atom. The predicted molar refractivity (Wildman–Crippen MR) is 84.1 cm³/mol. The quantitative estimate of drug-likeness (QED) is 0.857. The highest BCUT2D eigenvalue weighted by atomic mass is 79.9. The van der Waals surface area contributed by atoms with Gasteiger partial charge in [-0.2, -0.15) is 5.06 Å². The van der Waals surface area contributed by atoms with Crippen LogP contribution in [0.2, 0.25) is 0 Å². The summed E-state index contributed by atoms with van der Waals surface area (Å²) in [5, 5.41) is 13.9. The van der Waals surface area contributed by atoms with Crippen LogP contribution in [0.1, 0.15) is 24.0 Å². The first-order valence-corrected chi connectivity index (χ1v) is 7.95. The third kappa shape index (κ3) is 1.86. The van der Waals surface area contributed by atoms with Gasteiger partial charge in [0.05, 0.1) is 5.69 Å². The van der Waals surface area contributed by atoms with Crippen molar-refractivity contribution >= 4 is 32.4 Å². The number of rotatable bonds is 1. The number of anilines is 1. The topological polar surface area (TPSA) is 26.7 Å². The molecule has 0 atom stereocenters. The Kier molecular flexibility index (Phi) is 2.98. The highest BCUT2D eigenvalue weighted by molar-refractivity contribution is 9.10. The van der Waals surface area contributed by atoms with Gasteiger partial charge in [-0.25, -0.2) is 0 Å². The van der Waals surface area contributed by atoms with Crippen molar-refractivity contribution in [2.45, 2.75) is 25.9 Å². The van der Waals surface area contributed by atoms with Crippen molar-refractivity contribution in [3.05, 3.63) is 39.9 Å². The summed E-state index contributed by atoms with van der Waals surface area (Å²) in [5.74, 6) is 0. The van der Waals surface area contributed by atoms with E-state index in [0.29, 0.717) is 13.1 Å². The molecule has 104 valence electrons. The zero-order valence-corrected chi connectivity index (χ0v) is 12.9. The minimum absolute atomic E-state index is 0.604. The molecule has 0 unspecified atom stereocenters. The Labute approximate surface area is 126 Å². The number of halogens is 1. The van der Waals surface area contributed by atoms with Crippen molar-refractivity contribution in [3.8, 4) is 0 Å². The molecule has 2 aliphatic rings. The van der Waals surface area contributed by atoms with E-state index in [0.717, 1.165) is 17.6 Å². The first-order valence-electron chi connectivity index (χ1n) is 7.16. The van der Waals surface area contributed by atoms with Crippen LogP contribution in [0, 0.1) is 0 Å². The summed E-state index contributed by atoms with van der Waals surface area (Å²) < 4.78 is 1.15. The van der Waals surface area contributed by atoms with Crippen LogP contribution in [0.3, 0.4) is 0 Å². The van der Waals surface area contributed by atoms with Crippen LogP contribution in [-0.2, 0) is 13.1 Å². The van der Waals surface area contributed by atoms with Gasteiger partial charge in [0.15, 0.2) is 0 Å². The summed E-state index contributed by atoms with van der Waals surface area (Å²) in [6.07, 6.45) is 2.56. The van der Waals surface area contributed by atoms with Crippen molar-refractivity contribution in [3.63, 3.8) is 0 Å². The van der Waals surface area contributed by atoms with Crippen LogP contribution in [0.25, 0.3) is 10.8 Å². The molecule has 20 heavy (non-hydrogen) atoms. The number of hydrogen-bond acceptors (Lipinski definition) is 3. The Bertz CT molecular complexity index is 680. The minimum atomic E-state index is 0.604. The van der Waals surface area contributed by atoms with Gasteiger partial charge in [0, 0.05) is 36.0 Å². The predicted octanol–water partition coefficient (Wildman–Crippen LogP) is 3.91. The van der Waals surface area contributed by atoms with Crippen molar-refractivity contribution in [2.24, 2.45) is 0 Å². The smallest absolute Gasteiger partial charge is 0.0590 e. The molecule has 0 bridgehead atoms. The van der Waals surface area contributed by atoms with Crippen LogP contribution in [0.15, 0.2) is 28.7 Å². The Hall–Kier alpha value is -1.10. The summed E-state index contributed by atoms with van der Waals surface area (Å²) in [4.78, 5) is 2.48. The fraction of sp³-hybridized carbons (Fsp3) is 0.375. The maximum absolute atomic E-state index is 9.89. The molecule has 2 aromatic carbocycles. The molecule has 0 amide bonds. The fourth-order valence-corrected chi connectivity index (χ4v) is 4.31. The van der Waals surface area contributed by atoms with E-state index in [1.807, 2.05) is 0 Å². The Balaban J connectivity index is 2.00. The van der Waals surface area contributed by atoms with Gasteiger partial charge < -0.3 is 10.1 Å². The monoisotopic (exact) mass is 332 g/mol. The molecule has 0 saturated carbocycles. The first-order chi connectivity index (χ1) is 9.74. The summed E-state index contributed by atoms with van der Waals surface area (Å²) in [7, 11) is 0. The summed E-state index contributed by atoms with van der Waals surface area (Å²) >= 11 is 3.75. The van der Waals surface area contributed by atoms with Gasteiger partial charge in [0.1, 0.15) is 0 Å². The molecular formula is C16H17BrN2O. The van der Waals surface area contributed by atoms with Crippen molar-refractivity contribution in [1.82, 2.24) is 5.06 Å². The molecule has 0 aromatic heterocycles. The van der Waals surface area contributed by atoms with Gasteiger partial charge in [-0.3, -0.25) is 0 Å². The third-order valence-electron chi connectivity index (χ3n) is 4.38. The van der Waals surface area contributed by atoms with Gasteiger partial charge in [-0.05, 0) is 51.4 Å². The van der Waals surface area contributed by atoms with Crippen molar-refractivity contribution in [2.75, 3.05) is 18.0 Å². The zero-order valence-electron chi connectivity index (χ0n) is 11.3. The van der Waals surface area contributed by atoms with Crippen LogP contribution in [-0.4, -0.2) is 23.4 Å². The zero-order chi connectivity index (χ0) is 13.7. The molecule has 4 rings (SSSR count). The molecule has 0 aliphatic carbocycles. The van der Waals surface area contributed by atoms with Gasteiger partial charge in [-0.1, -0.05) is 18.2 Å². The second kappa shape index (κ2) is 4.72. The Morgan fingerprint density at radius 3 is 2.60 bits per heavy atom. The van der Waals surface area contributed by atoms with E-state index in [-0.39, 0.29) is 0 Å². The lowest BCUT2D eigenvalue weighted by Crippen LogP contribution is -2.24. The largest absolute Gasteiger partial charge is 0.370 e. The van der Waals surface area contributed by atoms with Gasteiger partial charge in [0.25, 0.3) is 0 Å². The second-order valence-corrected chi connectivity index (χ2v) is 6.58. The van der Waals surface area contributed by atoms with E-state index in [1.165, 1.54) is 45.5 Å². The number of nitrogens with zero attached hydrogens (tertiary/aromatic N) is 2. The summed E-state index contributed by atoms with van der Waals surface area (Å²) in [6, 6.07) is 8.62. The summed E-state index contributed by atoms with van der Waals surface area (Å²) in [5.41, 5.74) is 3.76. The van der Waals surface area contributed by atoms with E-state index in [9.17, 15) is 5.21 Å². The standard InChI is InChI=1S/C16H17BrN2O/c17-14-8-12-10-19(20)9-11-4-3-5-13(15(11)12)16(14)18-6-1-2-7-18/h3-5,8,20H,1-2,6-7,9-10H2. The molecule has 1 N–H and O–H groups in total. The van der Waals surface area contributed by atoms with E-state index >= 15 is 0 Å². The van der Waals surface area contributed by atoms with Gasteiger partial charge >= 0.3 is 0 Å². The van der Waals surface area contributed by atoms with Crippen LogP contribution in [0.5, 0.6) is 0 Å². The third-order valence-corrected chi connectivity index (χ3v) is 4.99. The lowest BCUT2D eigenvalue weighted by Gasteiger charge is -2.28. The number of hydrogen-bond donors (Lipinski definition) is 1. The Morgan fingerprint density at radius 2 is 1.80 bits per heavy atom. The maximum atomic E-state index is 9.89. The molecule has 2 aliphatic heterocycles. The maximum Gasteiger partial charge on any atom is 0.0590 e. The molecule has 2 aromatic rings. The molecular weight excluding hydrogens is 316 g/mol. The minimum Gasteiger partial charge on any atom is -0.370 e.